The lowest BCUT2D eigenvalue weighted by atomic mass is 9.96. The Labute approximate surface area is 124 Å². The average Bonchev–Trinajstić information content (AvgIpc) is 2.56. The Bertz CT molecular complexity index is 473. The fraction of sp³-hybridized carbons (Fsp3) is 0.714. The summed E-state index contributed by atoms with van der Waals surface area (Å²) in [5, 5.41) is 17.1. The van der Waals surface area contributed by atoms with Crippen molar-refractivity contribution in [2.45, 2.75) is 65.6 Å². The van der Waals surface area contributed by atoms with Gasteiger partial charge in [-0.3, -0.25) is 10.00 Å². The van der Waals surface area contributed by atoms with Crippen LogP contribution in [0.1, 0.15) is 45.0 Å². The third kappa shape index (κ3) is 4.32. The van der Waals surface area contributed by atoms with E-state index in [9.17, 15) is 5.26 Å². The molecule has 0 bridgehead atoms. The van der Waals surface area contributed by atoms with Gasteiger partial charge in [-0.15, -0.1) is 0 Å². The lowest BCUT2D eigenvalue weighted by molar-refractivity contribution is 0.360. The van der Waals surface area contributed by atoms with Gasteiger partial charge in [0.2, 0.25) is 0 Å². The molecule has 5 heteroatoms. The number of nitrogens with zero attached hydrogens (tertiary/aromatic N) is 3. The third-order valence-electron chi connectivity index (χ3n) is 3.19. The van der Waals surface area contributed by atoms with Gasteiger partial charge in [-0.25, -0.2) is 0 Å². The lowest BCUT2D eigenvalue weighted by Crippen LogP contribution is -2.45. The van der Waals surface area contributed by atoms with E-state index < -0.39 is 5.54 Å². The quantitative estimate of drug-likeness (QED) is 0.872. The second-order valence-electron chi connectivity index (χ2n) is 5.55. The lowest BCUT2D eigenvalue weighted by Gasteiger charge is -2.25. The van der Waals surface area contributed by atoms with Gasteiger partial charge in [-0.2, -0.15) is 10.4 Å². The highest BCUT2D eigenvalue weighted by molar-refractivity contribution is 9.10. The average molecular weight is 327 g/mol. The summed E-state index contributed by atoms with van der Waals surface area (Å²) in [7, 11) is 0. The van der Waals surface area contributed by atoms with E-state index in [1.807, 2.05) is 18.5 Å². The fourth-order valence-corrected chi connectivity index (χ4v) is 2.56. The normalized spacial score (nSPS) is 14.4. The van der Waals surface area contributed by atoms with E-state index in [0.29, 0.717) is 6.04 Å². The predicted molar refractivity (Wildman–Crippen MR) is 80.9 cm³/mol. The largest absolute Gasteiger partial charge is 0.297 e. The van der Waals surface area contributed by atoms with Crippen LogP contribution in [0, 0.1) is 25.2 Å². The first-order chi connectivity index (χ1) is 8.79. The first-order valence-corrected chi connectivity index (χ1v) is 7.47. The Morgan fingerprint density at radius 3 is 2.53 bits per heavy atom. The molecule has 0 spiro atoms. The maximum absolute atomic E-state index is 9.29. The van der Waals surface area contributed by atoms with E-state index in [0.717, 1.165) is 35.2 Å². The molecule has 1 rings (SSSR count). The molecule has 1 aromatic rings. The standard InChI is InChI=1S/C14H23BrN4/c1-10(2)17-14(5,9-16)7-6-8-19-12(4)13(15)11(3)18-19/h10,17H,6-8H2,1-5H3. The van der Waals surface area contributed by atoms with E-state index in [-0.39, 0.29) is 0 Å². The van der Waals surface area contributed by atoms with Crippen molar-refractivity contribution in [2.75, 3.05) is 0 Å². The second kappa shape index (κ2) is 6.53. The molecule has 0 aromatic carbocycles. The van der Waals surface area contributed by atoms with E-state index in [4.69, 9.17) is 0 Å². The molecule has 106 valence electrons. The molecule has 0 radical (unpaired) electrons. The zero-order valence-corrected chi connectivity index (χ0v) is 14.0. The van der Waals surface area contributed by atoms with Gasteiger partial charge in [-0.05, 0) is 63.4 Å². The van der Waals surface area contributed by atoms with Crippen LogP contribution in [0.15, 0.2) is 4.47 Å². The van der Waals surface area contributed by atoms with Gasteiger partial charge >= 0.3 is 0 Å². The summed E-state index contributed by atoms with van der Waals surface area (Å²) in [4.78, 5) is 0. The maximum atomic E-state index is 9.29. The molecule has 0 amide bonds. The van der Waals surface area contributed by atoms with Crippen molar-refractivity contribution in [1.82, 2.24) is 15.1 Å². The summed E-state index contributed by atoms with van der Waals surface area (Å²) in [6, 6.07) is 2.69. The van der Waals surface area contributed by atoms with Crippen LogP contribution in [-0.4, -0.2) is 21.4 Å². The molecule has 1 N–H and O–H groups in total. The van der Waals surface area contributed by atoms with E-state index >= 15 is 0 Å². The minimum Gasteiger partial charge on any atom is -0.297 e. The van der Waals surface area contributed by atoms with Gasteiger partial charge in [0, 0.05) is 18.3 Å². The van der Waals surface area contributed by atoms with Crippen LogP contribution < -0.4 is 5.32 Å². The van der Waals surface area contributed by atoms with Gasteiger partial charge in [-0.1, -0.05) is 0 Å². The molecule has 0 aliphatic rings. The molecule has 4 nitrogen and oxygen atoms in total. The molecule has 1 unspecified atom stereocenters. The Morgan fingerprint density at radius 2 is 2.11 bits per heavy atom. The summed E-state index contributed by atoms with van der Waals surface area (Å²) in [5.74, 6) is 0. The van der Waals surface area contributed by atoms with E-state index in [1.165, 1.54) is 0 Å². The monoisotopic (exact) mass is 326 g/mol. The summed E-state index contributed by atoms with van der Waals surface area (Å²) in [6.07, 6.45) is 1.75. The van der Waals surface area contributed by atoms with E-state index in [2.05, 4.69) is 53.2 Å². The molecule has 0 saturated heterocycles. The topological polar surface area (TPSA) is 53.6 Å². The Morgan fingerprint density at radius 1 is 1.47 bits per heavy atom. The molecule has 19 heavy (non-hydrogen) atoms. The zero-order valence-electron chi connectivity index (χ0n) is 12.4. The molecule has 0 saturated carbocycles. The van der Waals surface area contributed by atoms with Crippen molar-refractivity contribution in [1.29, 1.82) is 5.26 Å². The molecule has 1 heterocycles. The minimum absolute atomic E-state index is 0.312. The van der Waals surface area contributed by atoms with Crippen LogP contribution in [0.2, 0.25) is 0 Å². The van der Waals surface area contributed by atoms with Crippen molar-refractivity contribution < 1.29 is 0 Å². The van der Waals surface area contributed by atoms with Gasteiger partial charge < -0.3 is 0 Å². The third-order valence-corrected chi connectivity index (χ3v) is 4.34. The van der Waals surface area contributed by atoms with Gasteiger partial charge in [0.05, 0.1) is 16.2 Å². The zero-order chi connectivity index (χ0) is 14.6. The summed E-state index contributed by atoms with van der Waals surface area (Å²) >= 11 is 3.53. The first-order valence-electron chi connectivity index (χ1n) is 6.67. The van der Waals surface area contributed by atoms with E-state index in [1.54, 1.807) is 0 Å². The molecule has 0 fully saturated rings. The second-order valence-corrected chi connectivity index (χ2v) is 6.35. The molecule has 1 atom stereocenters. The van der Waals surface area contributed by atoms with Crippen LogP contribution in [0.3, 0.4) is 0 Å². The van der Waals surface area contributed by atoms with Crippen LogP contribution >= 0.6 is 15.9 Å². The van der Waals surface area contributed by atoms with Gasteiger partial charge in [0.1, 0.15) is 5.54 Å². The van der Waals surface area contributed by atoms with Crippen LogP contribution in [0.5, 0.6) is 0 Å². The maximum Gasteiger partial charge on any atom is 0.104 e. The predicted octanol–water partition coefficient (Wildman–Crippen LogP) is 3.32. The number of aryl methyl sites for hydroxylation is 2. The number of hydrogen-bond donors (Lipinski definition) is 1. The van der Waals surface area contributed by atoms with Crippen LogP contribution in [-0.2, 0) is 6.54 Å². The molecule has 0 aliphatic heterocycles. The van der Waals surface area contributed by atoms with Crippen molar-refractivity contribution in [3.63, 3.8) is 0 Å². The fourth-order valence-electron chi connectivity index (χ4n) is 2.27. The molecule has 0 aliphatic carbocycles. The van der Waals surface area contributed by atoms with Crippen molar-refractivity contribution in [2.24, 2.45) is 0 Å². The Kier molecular flexibility index (Phi) is 5.57. The summed E-state index contributed by atoms with van der Waals surface area (Å²) in [6.45, 7) is 11.0. The first kappa shape index (κ1) is 16.2. The number of rotatable bonds is 6. The summed E-state index contributed by atoms with van der Waals surface area (Å²) < 4.78 is 3.09. The van der Waals surface area contributed by atoms with Crippen LogP contribution in [0.4, 0.5) is 0 Å². The number of nitriles is 1. The number of halogens is 1. The molecular formula is C14H23BrN4. The van der Waals surface area contributed by atoms with Crippen molar-refractivity contribution in [3.8, 4) is 6.07 Å². The van der Waals surface area contributed by atoms with Gasteiger partial charge in [0.25, 0.3) is 0 Å². The Hall–Kier alpha value is -0.860. The minimum atomic E-state index is -0.457. The smallest absolute Gasteiger partial charge is 0.104 e. The highest BCUT2D eigenvalue weighted by atomic mass is 79.9. The number of nitrogens with one attached hydrogen (secondary N) is 1. The van der Waals surface area contributed by atoms with Gasteiger partial charge in [0.15, 0.2) is 0 Å². The highest BCUT2D eigenvalue weighted by Crippen LogP contribution is 2.21. The number of hydrogen-bond acceptors (Lipinski definition) is 3. The van der Waals surface area contributed by atoms with Crippen molar-refractivity contribution in [3.05, 3.63) is 15.9 Å². The van der Waals surface area contributed by atoms with Crippen molar-refractivity contribution >= 4 is 15.9 Å². The summed E-state index contributed by atoms with van der Waals surface area (Å²) in [5.41, 5.74) is 1.70. The number of aromatic nitrogens is 2. The molecule has 1 aromatic heterocycles. The SMILES string of the molecule is Cc1nn(CCCC(C)(C#N)NC(C)C)c(C)c1Br. The molecular weight excluding hydrogens is 304 g/mol. The highest BCUT2D eigenvalue weighted by Gasteiger charge is 2.23. The van der Waals surface area contributed by atoms with Crippen LogP contribution in [0.25, 0.3) is 0 Å². The Balaban J connectivity index is 2.58.